The number of benzene rings is 4. The number of hydrogen-bond donors (Lipinski definition) is 1. The minimum Gasteiger partial charge on any atom is -0.449 e. The molecule has 1 N–H and O–H groups in total. The van der Waals surface area contributed by atoms with Gasteiger partial charge >= 0.3 is 5.97 Å². The fourth-order valence-electron chi connectivity index (χ4n) is 4.61. The lowest BCUT2D eigenvalue weighted by atomic mass is 10.0. The van der Waals surface area contributed by atoms with Crippen molar-refractivity contribution in [3.8, 4) is 0 Å². The normalized spacial score (nSPS) is 12.5. The SMILES string of the molecule is CCn1c2ccccc2c2cc(NC(=O)[C@@H](C)OC(=O)/C(=C/c3ccc(Cl)cc3)c3ccc(F)cc3)ccc21. The Kier molecular flexibility index (Phi) is 7.48. The summed E-state index contributed by atoms with van der Waals surface area (Å²) in [6.07, 6.45) is 0.535. The predicted octanol–water partition coefficient (Wildman–Crippen LogP) is 7.72. The third kappa shape index (κ3) is 5.56. The number of anilines is 1. The maximum absolute atomic E-state index is 13.5. The molecule has 0 aliphatic heterocycles. The molecule has 0 bridgehead atoms. The van der Waals surface area contributed by atoms with E-state index in [0.717, 1.165) is 28.4 Å². The second-order valence-electron chi connectivity index (χ2n) is 9.15. The van der Waals surface area contributed by atoms with Gasteiger partial charge in [0.1, 0.15) is 5.82 Å². The number of hydrogen-bond acceptors (Lipinski definition) is 3. The summed E-state index contributed by atoms with van der Waals surface area (Å²) in [5.74, 6) is -1.60. The van der Waals surface area contributed by atoms with Gasteiger partial charge in [0.2, 0.25) is 0 Å². The second kappa shape index (κ2) is 11.1. The Bertz CT molecular complexity index is 1710. The summed E-state index contributed by atoms with van der Waals surface area (Å²) < 4.78 is 21.3. The zero-order valence-electron chi connectivity index (χ0n) is 21.4. The Morgan fingerprint density at radius 1 is 0.949 bits per heavy atom. The number of ether oxygens (including phenoxy) is 1. The number of carbonyl (C=O) groups excluding carboxylic acids is 2. The molecule has 4 aromatic carbocycles. The molecule has 0 saturated heterocycles. The number of halogens is 2. The molecule has 0 fully saturated rings. The van der Waals surface area contributed by atoms with Crippen molar-refractivity contribution in [2.75, 3.05) is 5.32 Å². The van der Waals surface area contributed by atoms with Crippen LogP contribution in [0.2, 0.25) is 5.02 Å². The molecule has 5 nitrogen and oxygen atoms in total. The van der Waals surface area contributed by atoms with E-state index < -0.39 is 23.8 Å². The van der Waals surface area contributed by atoms with Crippen molar-refractivity contribution >= 4 is 62.6 Å². The molecule has 0 unspecified atom stereocenters. The molecule has 39 heavy (non-hydrogen) atoms. The van der Waals surface area contributed by atoms with Crippen LogP contribution in [0.5, 0.6) is 0 Å². The van der Waals surface area contributed by atoms with Gasteiger partial charge in [-0.05, 0) is 79.6 Å². The van der Waals surface area contributed by atoms with Crippen LogP contribution in [0.25, 0.3) is 33.5 Å². The van der Waals surface area contributed by atoms with Gasteiger partial charge in [0.05, 0.1) is 5.57 Å². The first-order valence-electron chi connectivity index (χ1n) is 12.6. The summed E-state index contributed by atoms with van der Waals surface area (Å²) in [6.45, 7) is 4.43. The van der Waals surface area contributed by atoms with Gasteiger partial charge in [0, 0.05) is 39.1 Å². The summed E-state index contributed by atoms with van der Waals surface area (Å²) in [6, 6.07) is 26.3. The summed E-state index contributed by atoms with van der Waals surface area (Å²) in [7, 11) is 0. The Labute approximate surface area is 230 Å². The second-order valence-corrected chi connectivity index (χ2v) is 9.58. The first-order valence-corrected chi connectivity index (χ1v) is 13.0. The van der Waals surface area contributed by atoms with Gasteiger partial charge in [0.25, 0.3) is 5.91 Å². The van der Waals surface area contributed by atoms with Gasteiger partial charge < -0.3 is 14.6 Å². The van der Waals surface area contributed by atoms with Gasteiger partial charge in [-0.1, -0.05) is 54.1 Å². The molecule has 5 rings (SSSR count). The number of amides is 1. The maximum Gasteiger partial charge on any atom is 0.339 e. The average molecular weight is 541 g/mol. The highest BCUT2D eigenvalue weighted by Gasteiger charge is 2.22. The molecular weight excluding hydrogens is 515 g/mol. The number of nitrogens with one attached hydrogen (secondary N) is 1. The van der Waals surface area contributed by atoms with E-state index in [0.29, 0.717) is 21.8 Å². The molecule has 0 spiro atoms. The van der Waals surface area contributed by atoms with E-state index in [1.165, 1.54) is 31.2 Å². The quantitative estimate of drug-likeness (QED) is 0.131. The van der Waals surface area contributed by atoms with E-state index in [-0.39, 0.29) is 5.57 Å². The van der Waals surface area contributed by atoms with Crippen molar-refractivity contribution in [2.24, 2.45) is 0 Å². The van der Waals surface area contributed by atoms with E-state index in [2.05, 4.69) is 28.9 Å². The molecule has 5 aromatic rings. The van der Waals surface area contributed by atoms with Crippen LogP contribution in [0.15, 0.2) is 91.0 Å². The number of nitrogens with zero attached hydrogens (tertiary/aromatic N) is 1. The van der Waals surface area contributed by atoms with Crippen LogP contribution >= 0.6 is 11.6 Å². The van der Waals surface area contributed by atoms with E-state index in [1.54, 1.807) is 30.3 Å². The van der Waals surface area contributed by atoms with E-state index in [4.69, 9.17) is 16.3 Å². The third-order valence-corrected chi connectivity index (χ3v) is 6.82. The molecule has 7 heteroatoms. The molecule has 1 heterocycles. The summed E-state index contributed by atoms with van der Waals surface area (Å²) >= 11 is 5.99. The minimum absolute atomic E-state index is 0.186. The Morgan fingerprint density at radius 3 is 2.36 bits per heavy atom. The lowest BCUT2D eigenvalue weighted by molar-refractivity contribution is -0.147. The van der Waals surface area contributed by atoms with Crippen molar-refractivity contribution in [3.05, 3.63) is 113 Å². The van der Waals surface area contributed by atoms with Gasteiger partial charge in [-0.2, -0.15) is 0 Å². The third-order valence-electron chi connectivity index (χ3n) is 6.57. The molecule has 1 atom stereocenters. The van der Waals surface area contributed by atoms with Gasteiger partial charge in [-0.15, -0.1) is 0 Å². The van der Waals surface area contributed by atoms with Crippen molar-refractivity contribution in [2.45, 2.75) is 26.5 Å². The molecule has 0 radical (unpaired) electrons. The molecule has 0 saturated carbocycles. The number of rotatable bonds is 7. The number of aryl methyl sites for hydroxylation is 1. The number of esters is 1. The number of para-hydroxylation sites is 1. The largest absolute Gasteiger partial charge is 0.449 e. The molecular formula is C32H26ClFN2O3. The van der Waals surface area contributed by atoms with E-state index in [1.807, 2.05) is 30.3 Å². The smallest absolute Gasteiger partial charge is 0.339 e. The predicted molar refractivity (Wildman–Crippen MR) is 155 cm³/mol. The lowest BCUT2D eigenvalue weighted by Crippen LogP contribution is -2.30. The molecule has 196 valence electrons. The lowest BCUT2D eigenvalue weighted by Gasteiger charge is -2.15. The first-order chi connectivity index (χ1) is 18.8. The zero-order chi connectivity index (χ0) is 27.5. The van der Waals surface area contributed by atoms with Crippen molar-refractivity contribution in [1.29, 1.82) is 0 Å². The highest BCUT2D eigenvalue weighted by atomic mass is 35.5. The molecule has 1 aromatic heterocycles. The first kappa shape index (κ1) is 26.2. The van der Waals surface area contributed by atoms with E-state index in [9.17, 15) is 14.0 Å². The average Bonchev–Trinajstić information content (AvgIpc) is 3.26. The van der Waals surface area contributed by atoms with Crippen LogP contribution in [0.4, 0.5) is 10.1 Å². The monoisotopic (exact) mass is 540 g/mol. The highest BCUT2D eigenvalue weighted by molar-refractivity contribution is 6.30. The van der Waals surface area contributed by atoms with Crippen LogP contribution in [-0.2, 0) is 20.9 Å². The molecule has 1 amide bonds. The highest BCUT2D eigenvalue weighted by Crippen LogP contribution is 2.31. The topological polar surface area (TPSA) is 60.3 Å². The fourth-order valence-corrected chi connectivity index (χ4v) is 4.73. The fraction of sp³-hybridized carbons (Fsp3) is 0.125. The van der Waals surface area contributed by atoms with E-state index >= 15 is 0 Å². The van der Waals surface area contributed by atoms with Crippen LogP contribution in [0.3, 0.4) is 0 Å². The van der Waals surface area contributed by atoms with Crippen LogP contribution in [0.1, 0.15) is 25.0 Å². The van der Waals surface area contributed by atoms with Gasteiger partial charge in [0.15, 0.2) is 6.10 Å². The van der Waals surface area contributed by atoms with Crippen LogP contribution < -0.4 is 5.32 Å². The summed E-state index contributed by atoms with van der Waals surface area (Å²) in [5, 5.41) is 5.55. The van der Waals surface area contributed by atoms with Crippen molar-refractivity contribution < 1.29 is 18.7 Å². The Hall–Kier alpha value is -4.42. The summed E-state index contributed by atoms with van der Waals surface area (Å²) in [5.41, 5.74) is 4.15. The Balaban J connectivity index is 1.37. The Morgan fingerprint density at radius 2 is 1.64 bits per heavy atom. The number of fused-ring (bicyclic) bond motifs is 3. The van der Waals surface area contributed by atoms with Crippen LogP contribution in [-0.4, -0.2) is 22.5 Å². The molecule has 0 aliphatic rings. The summed E-state index contributed by atoms with van der Waals surface area (Å²) in [4.78, 5) is 26.3. The van der Waals surface area contributed by atoms with Crippen molar-refractivity contribution in [3.63, 3.8) is 0 Å². The standard InChI is InChI=1S/C32H26ClFN2O3/c1-3-36-29-7-5-4-6-26(29)28-19-25(16-17-30(28)36)35-31(37)20(2)39-32(38)27(22-10-14-24(34)15-11-22)18-21-8-12-23(33)13-9-21/h4-20H,3H2,1-2H3,(H,35,37)/b27-18+/t20-/m1/s1. The van der Waals surface area contributed by atoms with Crippen LogP contribution in [0, 0.1) is 5.82 Å². The van der Waals surface area contributed by atoms with Gasteiger partial charge in [-0.3, -0.25) is 4.79 Å². The maximum atomic E-state index is 13.5. The number of carbonyl (C=O) groups is 2. The molecule has 0 aliphatic carbocycles. The zero-order valence-corrected chi connectivity index (χ0v) is 22.2. The number of aromatic nitrogens is 1. The van der Waals surface area contributed by atoms with Gasteiger partial charge in [-0.25, -0.2) is 9.18 Å². The van der Waals surface area contributed by atoms with Crippen molar-refractivity contribution in [1.82, 2.24) is 4.57 Å². The minimum atomic E-state index is -1.08.